The van der Waals surface area contributed by atoms with Crippen molar-refractivity contribution in [2.45, 2.75) is 44.8 Å². The van der Waals surface area contributed by atoms with Crippen molar-refractivity contribution in [2.24, 2.45) is 5.73 Å². The van der Waals surface area contributed by atoms with E-state index < -0.39 is 11.9 Å². The predicted octanol–water partition coefficient (Wildman–Crippen LogP) is 0.956. The zero-order valence-corrected chi connectivity index (χ0v) is 18.8. The van der Waals surface area contributed by atoms with E-state index in [0.29, 0.717) is 43.2 Å². The normalized spacial score (nSPS) is 22.0. The second-order valence-electron chi connectivity index (χ2n) is 8.32. The summed E-state index contributed by atoms with van der Waals surface area (Å²) in [6.45, 7) is 4.43. The number of unbranched alkanes of at least 4 members (excludes halogenated alkanes) is 1. The highest BCUT2D eigenvalue weighted by molar-refractivity contribution is 5.98. The first-order chi connectivity index (χ1) is 16.0. The molecule has 10 nitrogen and oxygen atoms in total. The highest BCUT2D eigenvalue weighted by atomic mass is 16.5. The van der Waals surface area contributed by atoms with Gasteiger partial charge in [0.1, 0.15) is 18.8 Å². The molecule has 3 aliphatic heterocycles. The molecule has 0 spiro atoms. The Morgan fingerprint density at radius 3 is 2.97 bits per heavy atom. The van der Waals surface area contributed by atoms with Crippen LogP contribution in [0.3, 0.4) is 0 Å². The lowest BCUT2D eigenvalue weighted by molar-refractivity contribution is -0.121. The third kappa shape index (κ3) is 4.70. The topological polar surface area (TPSA) is 121 Å². The van der Waals surface area contributed by atoms with Crippen molar-refractivity contribution in [2.75, 3.05) is 31.1 Å². The number of carbonyl (C=O) groups excluding carboxylic acids is 3. The number of fused-ring (bicyclic) bond motifs is 1. The first-order valence-corrected chi connectivity index (χ1v) is 11.4. The summed E-state index contributed by atoms with van der Waals surface area (Å²) in [7, 11) is 0. The largest absolute Gasteiger partial charge is 0.488 e. The Balaban J connectivity index is 1.56. The number of aromatic nitrogens is 1. The lowest BCUT2D eigenvalue weighted by atomic mass is 10.1. The number of carbonyl (C=O) groups is 3. The molecule has 0 saturated carbocycles. The highest BCUT2D eigenvalue weighted by Crippen LogP contribution is 2.34. The highest BCUT2D eigenvalue weighted by Gasteiger charge is 2.34. The lowest BCUT2D eigenvalue weighted by Gasteiger charge is -2.35. The van der Waals surface area contributed by atoms with Crippen LogP contribution in [-0.2, 0) is 9.59 Å². The molecule has 3 aliphatic rings. The van der Waals surface area contributed by atoms with Crippen molar-refractivity contribution in [3.63, 3.8) is 0 Å². The number of pyridine rings is 1. The minimum atomic E-state index is -0.582. The first kappa shape index (κ1) is 22.8. The molecule has 4 rings (SSSR count). The van der Waals surface area contributed by atoms with Crippen molar-refractivity contribution >= 4 is 24.0 Å². The Labute approximate surface area is 193 Å². The molecular weight excluding hydrogens is 424 g/mol. The Bertz CT molecular complexity index is 978. The summed E-state index contributed by atoms with van der Waals surface area (Å²) < 4.78 is 5.82. The summed E-state index contributed by atoms with van der Waals surface area (Å²) in [5.74, 6) is 0.348. The van der Waals surface area contributed by atoms with Gasteiger partial charge in [0.05, 0.1) is 12.1 Å². The molecule has 2 atom stereocenters. The Morgan fingerprint density at radius 2 is 2.21 bits per heavy atom. The zero-order chi connectivity index (χ0) is 23.4. The SMILES string of the molecule is CCCCNC1C=C(N2CCOc3cc(C(=O)N4CCCC4C(N)=O)cnc32)C=CN1C=O. The van der Waals surface area contributed by atoms with Gasteiger partial charge in [-0.25, -0.2) is 4.98 Å². The number of nitrogens with zero attached hydrogens (tertiary/aromatic N) is 4. The number of likely N-dealkylation sites (tertiary alicyclic amines) is 1. The summed E-state index contributed by atoms with van der Waals surface area (Å²) >= 11 is 0. The summed E-state index contributed by atoms with van der Waals surface area (Å²) in [6, 6.07) is 1.09. The molecule has 0 radical (unpaired) electrons. The molecule has 1 aromatic heterocycles. The molecule has 0 aliphatic carbocycles. The van der Waals surface area contributed by atoms with E-state index in [9.17, 15) is 14.4 Å². The third-order valence-corrected chi connectivity index (χ3v) is 6.13. The van der Waals surface area contributed by atoms with Gasteiger partial charge in [0.15, 0.2) is 11.6 Å². The molecule has 1 saturated heterocycles. The molecule has 1 aromatic rings. The molecule has 176 valence electrons. The third-order valence-electron chi connectivity index (χ3n) is 6.13. The monoisotopic (exact) mass is 454 g/mol. The number of amides is 3. The van der Waals surface area contributed by atoms with Gasteiger partial charge in [-0.2, -0.15) is 0 Å². The maximum atomic E-state index is 13.0. The molecule has 3 amide bonds. The standard InChI is InChI=1S/C23H30N6O4/c1-2-3-7-25-20-13-17(6-9-27(20)15-30)28-10-11-33-19-12-16(14-26-22(19)28)23(32)29-8-4-5-18(29)21(24)31/h6,9,12-15,18,20,25H,2-5,7-8,10-11H2,1H3,(H2,24,31). The number of ether oxygens (including phenoxy) is 1. The molecule has 2 unspecified atom stereocenters. The van der Waals surface area contributed by atoms with Crippen LogP contribution >= 0.6 is 0 Å². The molecule has 33 heavy (non-hydrogen) atoms. The number of allylic oxidation sites excluding steroid dienone is 1. The summed E-state index contributed by atoms with van der Waals surface area (Å²) in [6.07, 6.45) is 11.1. The molecule has 3 N–H and O–H groups in total. The molecule has 0 bridgehead atoms. The van der Waals surface area contributed by atoms with Crippen molar-refractivity contribution in [3.8, 4) is 5.75 Å². The zero-order valence-electron chi connectivity index (χ0n) is 18.8. The van der Waals surface area contributed by atoms with Gasteiger partial charge in [0.25, 0.3) is 5.91 Å². The Hall–Kier alpha value is -3.40. The van der Waals surface area contributed by atoms with Crippen LogP contribution in [0.2, 0.25) is 0 Å². The van der Waals surface area contributed by atoms with E-state index in [4.69, 9.17) is 10.5 Å². The van der Waals surface area contributed by atoms with Gasteiger partial charge in [0.2, 0.25) is 12.3 Å². The Morgan fingerprint density at radius 1 is 1.36 bits per heavy atom. The minimum Gasteiger partial charge on any atom is -0.488 e. The van der Waals surface area contributed by atoms with Gasteiger partial charge >= 0.3 is 0 Å². The van der Waals surface area contributed by atoms with Gasteiger partial charge in [-0.1, -0.05) is 13.3 Å². The number of hydrogen-bond acceptors (Lipinski definition) is 7. The van der Waals surface area contributed by atoms with Gasteiger partial charge in [-0.05, 0) is 44.0 Å². The van der Waals surface area contributed by atoms with Crippen LogP contribution < -0.4 is 20.7 Å². The molecular formula is C23H30N6O4. The van der Waals surface area contributed by atoms with Gasteiger partial charge in [-0.3, -0.25) is 19.7 Å². The van der Waals surface area contributed by atoms with E-state index in [1.54, 1.807) is 17.2 Å². The van der Waals surface area contributed by atoms with E-state index in [1.165, 1.54) is 11.1 Å². The second-order valence-corrected chi connectivity index (χ2v) is 8.32. The van der Waals surface area contributed by atoms with E-state index in [-0.39, 0.29) is 12.1 Å². The fourth-order valence-electron chi connectivity index (χ4n) is 4.37. The Kier molecular flexibility index (Phi) is 6.93. The number of nitrogens with two attached hydrogens (primary N) is 1. The van der Waals surface area contributed by atoms with Crippen molar-refractivity contribution in [1.29, 1.82) is 0 Å². The smallest absolute Gasteiger partial charge is 0.256 e. The van der Waals surface area contributed by atoms with Crippen LogP contribution in [0.15, 0.2) is 36.3 Å². The van der Waals surface area contributed by atoms with Crippen molar-refractivity contribution in [1.82, 2.24) is 20.1 Å². The summed E-state index contributed by atoms with van der Waals surface area (Å²) in [5.41, 5.74) is 6.72. The lowest BCUT2D eigenvalue weighted by Crippen LogP contribution is -2.45. The number of nitrogens with one attached hydrogen (secondary N) is 1. The second kappa shape index (κ2) is 10.0. The van der Waals surface area contributed by atoms with Crippen LogP contribution in [0, 0.1) is 0 Å². The number of hydrogen-bond donors (Lipinski definition) is 2. The first-order valence-electron chi connectivity index (χ1n) is 11.4. The van der Waals surface area contributed by atoms with Gasteiger partial charge < -0.3 is 25.2 Å². The van der Waals surface area contributed by atoms with E-state index >= 15 is 0 Å². The number of rotatable bonds is 8. The quantitative estimate of drug-likeness (QED) is 0.443. The maximum Gasteiger partial charge on any atom is 0.256 e. The molecule has 0 aromatic carbocycles. The number of primary amides is 1. The predicted molar refractivity (Wildman–Crippen MR) is 122 cm³/mol. The van der Waals surface area contributed by atoms with Gasteiger partial charge in [0, 0.05) is 24.6 Å². The maximum absolute atomic E-state index is 13.0. The minimum absolute atomic E-state index is 0.248. The van der Waals surface area contributed by atoms with Crippen molar-refractivity contribution < 1.29 is 19.1 Å². The van der Waals surface area contributed by atoms with E-state index in [0.717, 1.165) is 37.9 Å². The molecule has 1 fully saturated rings. The fourth-order valence-corrected chi connectivity index (χ4v) is 4.37. The summed E-state index contributed by atoms with van der Waals surface area (Å²) in [4.78, 5) is 45.8. The molecule has 10 heteroatoms. The van der Waals surface area contributed by atoms with Crippen molar-refractivity contribution in [3.05, 3.63) is 41.9 Å². The van der Waals surface area contributed by atoms with Crippen LogP contribution in [-0.4, -0.2) is 71.5 Å². The van der Waals surface area contributed by atoms with Gasteiger partial charge in [-0.15, -0.1) is 0 Å². The van der Waals surface area contributed by atoms with E-state index in [2.05, 4.69) is 17.2 Å². The van der Waals surface area contributed by atoms with E-state index in [1.807, 2.05) is 17.1 Å². The van der Waals surface area contributed by atoms with Crippen LogP contribution in [0.4, 0.5) is 5.82 Å². The molecule has 4 heterocycles. The average molecular weight is 455 g/mol. The fraction of sp³-hybridized carbons (Fsp3) is 0.478. The van der Waals surface area contributed by atoms with Crippen LogP contribution in [0.1, 0.15) is 43.0 Å². The number of anilines is 1. The summed E-state index contributed by atoms with van der Waals surface area (Å²) in [5, 5.41) is 3.39. The van der Waals surface area contributed by atoms with Crippen LogP contribution in [0.25, 0.3) is 0 Å². The average Bonchev–Trinajstić information content (AvgIpc) is 3.33. The van der Waals surface area contributed by atoms with Crippen LogP contribution in [0.5, 0.6) is 5.75 Å².